The van der Waals surface area contributed by atoms with E-state index >= 15 is 0 Å². The number of cyclic esters (lactones) is 2. The van der Waals surface area contributed by atoms with E-state index in [9.17, 15) is 9.59 Å². The van der Waals surface area contributed by atoms with E-state index in [1.54, 1.807) is 10.9 Å². The molecule has 0 spiro atoms. The number of imidazole rings is 1. The minimum absolute atomic E-state index is 0. The molecule has 0 bridgehead atoms. The number of nitrogens with zero attached hydrogens (tertiary/aromatic N) is 4. The number of carbonyl (C=O) groups excluding carboxylic acids is 2. The first kappa shape index (κ1) is 18.3. The van der Waals surface area contributed by atoms with Gasteiger partial charge in [-0.1, -0.05) is 0 Å². The van der Waals surface area contributed by atoms with Crippen LogP contribution in [-0.2, 0) is 25.6 Å². The smallest absolute Gasteiger partial charge is 1.00 e. The third-order valence-corrected chi connectivity index (χ3v) is 3.30. The number of fused-ring (bicyclic) bond motifs is 1. The van der Waals surface area contributed by atoms with E-state index in [1.807, 2.05) is 0 Å². The SMILES string of the molecule is CC1(C)OC(=O)C(CCn2cnc3cnc(N)nc32)C(=O)O1.[H-].[K+]. The van der Waals surface area contributed by atoms with Crippen molar-refractivity contribution in [3.63, 3.8) is 0 Å². The number of carbonyl (C=O) groups is 2. The molecule has 1 aliphatic heterocycles. The summed E-state index contributed by atoms with van der Waals surface area (Å²) in [5.74, 6) is -3.20. The minimum atomic E-state index is -1.21. The minimum Gasteiger partial charge on any atom is -1.00 e. The summed E-state index contributed by atoms with van der Waals surface area (Å²) in [4.78, 5) is 35.9. The van der Waals surface area contributed by atoms with Crippen molar-refractivity contribution in [3.8, 4) is 0 Å². The Hall–Kier alpha value is -1.07. The molecule has 1 aliphatic rings. The van der Waals surface area contributed by atoms with Crippen LogP contribution < -0.4 is 57.1 Å². The molecule has 0 saturated carbocycles. The summed E-state index contributed by atoms with van der Waals surface area (Å²) in [6.07, 6.45) is 3.30. The predicted octanol–water partition coefficient (Wildman–Crippen LogP) is -2.63. The first-order chi connectivity index (χ1) is 10.4. The zero-order chi connectivity index (χ0) is 15.9. The fourth-order valence-corrected chi connectivity index (χ4v) is 2.28. The molecule has 23 heavy (non-hydrogen) atoms. The number of nitrogens with two attached hydrogens (primary N) is 1. The summed E-state index contributed by atoms with van der Waals surface area (Å²) in [5.41, 5.74) is 6.69. The van der Waals surface area contributed by atoms with Gasteiger partial charge in [-0.05, 0) is 6.42 Å². The Morgan fingerprint density at radius 1 is 1.30 bits per heavy atom. The predicted molar refractivity (Wildman–Crippen MR) is 75.2 cm³/mol. The maximum Gasteiger partial charge on any atom is 1.00 e. The topological polar surface area (TPSA) is 122 Å². The number of aryl methyl sites for hydroxylation is 1. The monoisotopic (exact) mass is 345 g/mol. The molecule has 3 heterocycles. The van der Waals surface area contributed by atoms with Crippen molar-refractivity contribution in [1.29, 1.82) is 0 Å². The second-order valence-electron chi connectivity index (χ2n) is 5.46. The number of esters is 2. The third kappa shape index (κ3) is 3.88. The molecule has 2 aromatic heterocycles. The molecule has 118 valence electrons. The van der Waals surface area contributed by atoms with Gasteiger partial charge in [0.1, 0.15) is 5.52 Å². The first-order valence-electron chi connectivity index (χ1n) is 6.75. The zero-order valence-electron chi connectivity index (χ0n) is 14.1. The van der Waals surface area contributed by atoms with E-state index in [0.717, 1.165) is 0 Å². The number of anilines is 1. The molecule has 0 unspecified atom stereocenters. The molecule has 9 nitrogen and oxygen atoms in total. The number of hydrogen-bond acceptors (Lipinski definition) is 8. The summed E-state index contributed by atoms with van der Waals surface area (Å²) in [5, 5.41) is 0. The average Bonchev–Trinajstić information content (AvgIpc) is 2.79. The average molecular weight is 345 g/mol. The Labute approximate surface area is 175 Å². The van der Waals surface area contributed by atoms with Crippen molar-refractivity contribution in [2.45, 2.75) is 32.6 Å². The van der Waals surface area contributed by atoms with Crippen LogP contribution in [0.5, 0.6) is 0 Å². The summed E-state index contributed by atoms with van der Waals surface area (Å²) in [7, 11) is 0. The van der Waals surface area contributed by atoms with Crippen molar-refractivity contribution in [2.24, 2.45) is 5.92 Å². The van der Waals surface area contributed by atoms with Gasteiger partial charge in [-0.25, -0.2) is 9.97 Å². The van der Waals surface area contributed by atoms with Gasteiger partial charge in [-0.3, -0.25) is 9.59 Å². The summed E-state index contributed by atoms with van der Waals surface area (Å²) in [6.45, 7) is 3.38. The van der Waals surface area contributed by atoms with Gasteiger partial charge in [0, 0.05) is 20.4 Å². The van der Waals surface area contributed by atoms with Crippen LogP contribution in [0.2, 0.25) is 0 Å². The van der Waals surface area contributed by atoms with Crippen LogP contribution in [-0.4, -0.2) is 37.2 Å². The van der Waals surface area contributed by atoms with Gasteiger partial charge in [0.05, 0.1) is 12.5 Å². The maximum absolute atomic E-state index is 11.9. The number of nitrogen functional groups attached to an aromatic ring is 1. The molecule has 0 radical (unpaired) electrons. The van der Waals surface area contributed by atoms with E-state index in [2.05, 4.69) is 15.0 Å². The zero-order valence-corrected chi connectivity index (χ0v) is 16.3. The van der Waals surface area contributed by atoms with Crippen molar-refractivity contribution < 1.29 is 71.9 Å². The van der Waals surface area contributed by atoms with Gasteiger partial charge in [-0.2, -0.15) is 4.98 Å². The van der Waals surface area contributed by atoms with Gasteiger partial charge in [0.2, 0.25) is 5.95 Å². The molecule has 0 aromatic carbocycles. The quantitative estimate of drug-likeness (QED) is 0.364. The van der Waals surface area contributed by atoms with Gasteiger partial charge >= 0.3 is 63.3 Å². The first-order valence-corrected chi connectivity index (χ1v) is 6.75. The van der Waals surface area contributed by atoms with Crippen molar-refractivity contribution in [2.75, 3.05) is 5.73 Å². The van der Waals surface area contributed by atoms with Crippen LogP contribution in [0.25, 0.3) is 11.2 Å². The number of rotatable bonds is 3. The van der Waals surface area contributed by atoms with Gasteiger partial charge in [-0.15, -0.1) is 0 Å². The van der Waals surface area contributed by atoms with E-state index < -0.39 is 23.6 Å². The van der Waals surface area contributed by atoms with Crippen LogP contribution in [0.3, 0.4) is 0 Å². The normalized spacial score (nSPS) is 17.5. The van der Waals surface area contributed by atoms with E-state index in [1.165, 1.54) is 20.0 Å². The van der Waals surface area contributed by atoms with Crippen LogP contribution in [0.4, 0.5) is 5.95 Å². The summed E-state index contributed by atoms with van der Waals surface area (Å²) >= 11 is 0. The molecule has 0 atom stereocenters. The van der Waals surface area contributed by atoms with Crippen LogP contribution in [0.15, 0.2) is 12.5 Å². The Kier molecular flexibility index (Phi) is 5.41. The van der Waals surface area contributed by atoms with Crippen molar-refractivity contribution in [3.05, 3.63) is 12.5 Å². The van der Waals surface area contributed by atoms with Crippen molar-refractivity contribution >= 4 is 29.1 Å². The molecule has 2 N–H and O–H groups in total. The molecule has 10 heteroatoms. The number of hydrogen-bond donors (Lipinski definition) is 1. The largest absolute Gasteiger partial charge is 1.00 e. The molecular weight excluding hydrogens is 329 g/mol. The summed E-state index contributed by atoms with van der Waals surface area (Å²) < 4.78 is 11.9. The van der Waals surface area contributed by atoms with E-state index in [-0.39, 0.29) is 65.2 Å². The fraction of sp³-hybridized carbons (Fsp3) is 0.462. The molecule has 0 aliphatic carbocycles. The Morgan fingerprint density at radius 2 is 1.96 bits per heavy atom. The molecular formula is C13H16KN5O4. The Balaban J connectivity index is 0.00000144. The van der Waals surface area contributed by atoms with Crippen LogP contribution in [0.1, 0.15) is 21.7 Å². The maximum atomic E-state index is 11.9. The number of aromatic nitrogens is 4. The Bertz CT molecular complexity index is 746. The summed E-state index contributed by atoms with van der Waals surface area (Å²) in [6, 6.07) is 0. The molecule has 0 amide bonds. The van der Waals surface area contributed by atoms with Gasteiger partial charge in [0.25, 0.3) is 5.79 Å². The van der Waals surface area contributed by atoms with Gasteiger partial charge < -0.3 is 21.2 Å². The molecule has 1 saturated heterocycles. The standard InChI is InChI=1S/C13H15N5O4.K.H/c1-13(2)21-10(19)7(11(20)22-13)3-4-18-6-16-8-5-15-12(14)17-9(8)18;;/h5-7H,3-4H2,1-2H3,(H2,14,15,17);;/q;+1;-1. The number of ether oxygens (including phenoxy) is 2. The third-order valence-electron chi connectivity index (χ3n) is 3.30. The second kappa shape index (κ2) is 6.81. The fourth-order valence-electron chi connectivity index (χ4n) is 2.28. The van der Waals surface area contributed by atoms with Crippen molar-refractivity contribution in [1.82, 2.24) is 19.5 Å². The van der Waals surface area contributed by atoms with Crippen LogP contribution in [0, 0.1) is 5.92 Å². The van der Waals surface area contributed by atoms with E-state index in [0.29, 0.717) is 17.7 Å². The van der Waals surface area contributed by atoms with Gasteiger partial charge in [0.15, 0.2) is 11.6 Å². The van der Waals surface area contributed by atoms with Crippen LogP contribution >= 0.6 is 0 Å². The molecule has 2 aromatic rings. The molecule has 1 fully saturated rings. The molecule has 3 rings (SSSR count). The second-order valence-corrected chi connectivity index (χ2v) is 5.46. The van der Waals surface area contributed by atoms with E-state index in [4.69, 9.17) is 15.2 Å². The Morgan fingerprint density at radius 3 is 2.61 bits per heavy atom.